The van der Waals surface area contributed by atoms with Crippen molar-refractivity contribution in [3.8, 4) is 5.75 Å². The van der Waals surface area contributed by atoms with E-state index in [-0.39, 0.29) is 31.0 Å². The fourth-order valence-corrected chi connectivity index (χ4v) is 3.00. The van der Waals surface area contributed by atoms with Crippen LogP contribution >= 0.6 is 0 Å². The van der Waals surface area contributed by atoms with Gasteiger partial charge in [0.2, 0.25) is 5.91 Å². The number of fused-ring (bicyclic) bond motifs is 1. The van der Waals surface area contributed by atoms with Crippen molar-refractivity contribution in [3.05, 3.63) is 75.6 Å². The zero-order valence-corrected chi connectivity index (χ0v) is 14.9. The second-order valence-corrected chi connectivity index (χ2v) is 6.40. The number of benzene rings is 2. The number of hydrogen-bond donors (Lipinski definition) is 3. The lowest BCUT2D eigenvalue weighted by Crippen LogP contribution is -2.29. The molecule has 1 atom stereocenters. The van der Waals surface area contributed by atoms with E-state index < -0.39 is 11.7 Å². The van der Waals surface area contributed by atoms with Crippen LogP contribution in [0.4, 0.5) is 0 Å². The van der Waals surface area contributed by atoms with Gasteiger partial charge in [0.15, 0.2) is 0 Å². The molecule has 1 amide bonds. The van der Waals surface area contributed by atoms with E-state index in [0.29, 0.717) is 11.1 Å². The molecule has 0 aliphatic rings. The first kappa shape index (κ1) is 18.7. The van der Waals surface area contributed by atoms with Crippen molar-refractivity contribution in [1.82, 2.24) is 5.32 Å². The number of phenols is 1. The van der Waals surface area contributed by atoms with E-state index in [2.05, 4.69) is 5.32 Å². The number of aliphatic hydroxyl groups is 1. The van der Waals surface area contributed by atoms with Crippen LogP contribution in [-0.2, 0) is 11.2 Å². The highest BCUT2D eigenvalue weighted by molar-refractivity contribution is 5.82. The number of nitrogens with one attached hydrogen (secondary N) is 1. The summed E-state index contributed by atoms with van der Waals surface area (Å²) >= 11 is 0. The van der Waals surface area contributed by atoms with Gasteiger partial charge in [0.1, 0.15) is 11.3 Å². The number of carbonyl (C=O) groups is 1. The predicted molar refractivity (Wildman–Crippen MR) is 102 cm³/mol. The van der Waals surface area contributed by atoms with Gasteiger partial charge < -0.3 is 19.9 Å². The van der Waals surface area contributed by atoms with Gasteiger partial charge in [-0.3, -0.25) is 4.79 Å². The Bertz CT molecular complexity index is 1010. The molecule has 1 unspecified atom stereocenters. The molecule has 6 nitrogen and oxygen atoms in total. The monoisotopic (exact) mass is 367 g/mol. The molecular weight excluding hydrogens is 346 g/mol. The minimum absolute atomic E-state index is 0.0224. The molecule has 0 saturated heterocycles. The van der Waals surface area contributed by atoms with Gasteiger partial charge in [-0.05, 0) is 36.6 Å². The van der Waals surface area contributed by atoms with Crippen molar-refractivity contribution in [3.63, 3.8) is 0 Å². The minimum atomic E-state index is -0.782. The van der Waals surface area contributed by atoms with Gasteiger partial charge in [0.25, 0.3) is 0 Å². The van der Waals surface area contributed by atoms with Gasteiger partial charge >= 0.3 is 5.63 Å². The van der Waals surface area contributed by atoms with Crippen molar-refractivity contribution in [2.75, 3.05) is 6.54 Å². The van der Waals surface area contributed by atoms with Gasteiger partial charge in [0, 0.05) is 30.0 Å². The van der Waals surface area contributed by atoms with Crippen LogP contribution < -0.4 is 10.9 Å². The Hall–Kier alpha value is -3.12. The maximum absolute atomic E-state index is 12.2. The third-order valence-electron chi connectivity index (χ3n) is 4.55. The van der Waals surface area contributed by atoms with Crippen molar-refractivity contribution < 1.29 is 19.4 Å². The molecule has 1 aromatic heterocycles. The Morgan fingerprint density at radius 1 is 1.19 bits per heavy atom. The topological polar surface area (TPSA) is 99.8 Å². The smallest absolute Gasteiger partial charge is 0.339 e. The van der Waals surface area contributed by atoms with Gasteiger partial charge in [-0.1, -0.05) is 30.3 Å². The summed E-state index contributed by atoms with van der Waals surface area (Å²) in [5.74, 6) is -0.233. The molecule has 0 saturated carbocycles. The zero-order valence-electron chi connectivity index (χ0n) is 14.9. The second kappa shape index (κ2) is 8.05. The second-order valence-electron chi connectivity index (χ2n) is 6.40. The summed E-state index contributed by atoms with van der Waals surface area (Å²) in [5.41, 5.74) is 1.71. The molecule has 0 radical (unpaired) electrons. The van der Waals surface area contributed by atoms with Gasteiger partial charge in [-0.2, -0.15) is 0 Å². The summed E-state index contributed by atoms with van der Waals surface area (Å²) in [6, 6.07) is 13.7. The highest BCUT2D eigenvalue weighted by Crippen LogP contribution is 2.23. The molecule has 140 valence electrons. The maximum atomic E-state index is 12.2. The Kier molecular flexibility index (Phi) is 5.57. The third kappa shape index (κ3) is 4.35. The molecule has 0 bridgehead atoms. The quantitative estimate of drug-likeness (QED) is 0.582. The molecule has 3 rings (SSSR count). The highest BCUT2D eigenvalue weighted by atomic mass is 16.4. The van der Waals surface area contributed by atoms with Gasteiger partial charge in [0.05, 0.1) is 6.10 Å². The van der Waals surface area contributed by atoms with Crippen LogP contribution in [0.15, 0.2) is 57.7 Å². The molecule has 6 heteroatoms. The molecule has 0 fully saturated rings. The summed E-state index contributed by atoms with van der Waals surface area (Å²) in [6.45, 7) is 1.90. The van der Waals surface area contributed by atoms with E-state index in [1.54, 1.807) is 25.1 Å². The Morgan fingerprint density at radius 2 is 1.93 bits per heavy atom. The first-order valence-electron chi connectivity index (χ1n) is 8.70. The normalized spacial score (nSPS) is 12.1. The molecule has 0 aliphatic carbocycles. The van der Waals surface area contributed by atoms with Gasteiger partial charge in [-0.25, -0.2) is 4.79 Å². The number of aryl methyl sites for hydroxylation is 1. The van der Waals surface area contributed by atoms with Crippen LogP contribution in [0.1, 0.15) is 29.2 Å². The average Bonchev–Trinajstić information content (AvgIpc) is 2.66. The maximum Gasteiger partial charge on any atom is 0.339 e. The van der Waals surface area contributed by atoms with Gasteiger partial charge in [-0.15, -0.1) is 0 Å². The van der Waals surface area contributed by atoms with Crippen molar-refractivity contribution in [2.45, 2.75) is 25.9 Å². The lowest BCUT2D eigenvalue weighted by atomic mass is 10.0. The van der Waals surface area contributed by atoms with E-state index in [0.717, 1.165) is 16.5 Å². The van der Waals surface area contributed by atoms with Crippen LogP contribution in [0.5, 0.6) is 5.75 Å². The molecule has 1 heterocycles. The van der Waals surface area contributed by atoms with Crippen LogP contribution in [0.25, 0.3) is 11.0 Å². The molecule has 0 spiro atoms. The first-order valence-corrected chi connectivity index (χ1v) is 8.70. The fraction of sp³-hybridized carbons (Fsp3) is 0.238. The summed E-state index contributed by atoms with van der Waals surface area (Å²) in [6.07, 6.45) is -0.440. The molecule has 2 aromatic carbocycles. The number of phenolic OH excluding ortho intramolecular Hbond substituents is 1. The largest absolute Gasteiger partial charge is 0.508 e. The number of aliphatic hydroxyl groups excluding tert-OH is 1. The van der Waals surface area contributed by atoms with E-state index in [9.17, 15) is 19.8 Å². The van der Waals surface area contributed by atoms with Crippen LogP contribution in [0.3, 0.4) is 0 Å². The Morgan fingerprint density at radius 3 is 2.67 bits per heavy atom. The van der Waals surface area contributed by atoms with E-state index >= 15 is 0 Å². The summed E-state index contributed by atoms with van der Waals surface area (Å²) in [4.78, 5) is 24.3. The average molecular weight is 367 g/mol. The zero-order chi connectivity index (χ0) is 19.4. The number of carbonyl (C=O) groups excluding carboxylic acids is 1. The van der Waals surface area contributed by atoms with Crippen LogP contribution in [0.2, 0.25) is 0 Å². The number of aromatic hydroxyl groups is 1. The van der Waals surface area contributed by atoms with Crippen LogP contribution in [-0.4, -0.2) is 22.7 Å². The number of amides is 1. The first-order chi connectivity index (χ1) is 13.0. The van der Waals surface area contributed by atoms with E-state index in [4.69, 9.17) is 4.42 Å². The summed E-state index contributed by atoms with van der Waals surface area (Å²) in [5, 5.41) is 23.0. The summed E-state index contributed by atoms with van der Waals surface area (Å²) < 4.78 is 5.26. The van der Waals surface area contributed by atoms with E-state index in [1.165, 1.54) is 12.1 Å². The molecular formula is C21H21NO5. The minimum Gasteiger partial charge on any atom is -0.508 e. The van der Waals surface area contributed by atoms with Crippen molar-refractivity contribution in [1.29, 1.82) is 0 Å². The highest BCUT2D eigenvalue weighted by Gasteiger charge is 2.14. The number of rotatable bonds is 6. The van der Waals surface area contributed by atoms with Crippen LogP contribution in [0, 0.1) is 6.92 Å². The molecule has 27 heavy (non-hydrogen) atoms. The number of hydrogen-bond acceptors (Lipinski definition) is 5. The van der Waals surface area contributed by atoms with Crippen molar-refractivity contribution >= 4 is 16.9 Å². The Balaban J connectivity index is 1.63. The molecule has 0 aliphatic heterocycles. The summed E-state index contributed by atoms with van der Waals surface area (Å²) in [7, 11) is 0. The predicted octanol–water partition coefficient (Wildman–Crippen LogP) is 2.59. The lowest BCUT2D eigenvalue weighted by molar-refractivity contribution is -0.121. The SMILES string of the molecule is Cc1c(CCC(=O)NCC(O)c2ccccc2)c(=O)oc2cc(O)ccc12. The van der Waals surface area contributed by atoms with E-state index in [1.807, 2.05) is 18.2 Å². The standard InChI is InChI=1S/C21H21NO5/c1-13-16-8-7-15(23)11-19(16)27-21(26)17(13)9-10-20(25)22-12-18(24)14-5-3-2-4-6-14/h2-8,11,18,23-24H,9-10,12H2,1H3,(H,22,25). The third-order valence-corrected chi connectivity index (χ3v) is 4.55. The lowest BCUT2D eigenvalue weighted by Gasteiger charge is -2.12. The fourth-order valence-electron chi connectivity index (χ4n) is 3.00. The van der Waals surface area contributed by atoms with Crippen molar-refractivity contribution in [2.24, 2.45) is 0 Å². The Labute approximate surface area is 156 Å². The molecule has 3 aromatic rings. The molecule has 3 N–H and O–H groups in total.